The highest BCUT2D eigenvalue weighted by atomic mass is 35.5. The molecule has 170 valence electrons. The molecule has 0 aliphatic carbocycles. The summed E-state index contributed by atoms with van der Waals surface area (Å²) in [6.07, 6.45) is 14.4. The maximum Gasteiger partial charge on any atom is 0.131 e. The molecule has 0 aliphatic rings. The van der Waals surface area contributed by atoms with Gasteiger partial charge in [0.25, 0.3) is 0 Å². The largest absolute Gasteiger partial charge is 1.00 e. The van der Waals surface area contributed by atoms with Gasteiger partial charge in [-0.05, 0) is 24.3 Å². The first kappa shape index (κ1) is 28.4. The third-order valence-corrected chi connectivity index (χ3v) is 6.20. The van der Waals surface area contributed by atoms with Crippen molar-refractivity contribution in [3.63, 3.8) is 0 Å². The second-order valence-electron chi connectivity index (χ2n) is 9.74. The van der Waals surface area contributed by atoms with Crippen LogP contribution in [0.3, 0.4) is 0 Å². The van der Waals surface area contributed by atoms with Gasteiger partial charge in [0.15, 0.2) is 0 Å². The Bertz CT molecular complexity index is 489. The normalized spacial score (nSPS) is 13.9. The molecule has 0 radical (unpaired) electrons. The van der Waals surface area contributed by atoms with E-state index in [4.69, 9.17) is 0 Å². The Morgan fingerprint density at radius 1 is 0.793 bits per heavy atom. The van der Waals surface area contributed by atoms with E-state index < -0.39 is 0 Å². The van der Waals surface area contributed by atoms with Crippen molar-refractivity contribution in [2.24, 2.45) is 5.92 Å². The summed E-state index contributed by atoms with van der Waals surface area (Å²) in [5.74, 6) is 0.591. The molecule has 2 unspecified atom stereocenters. The van der Waals surface area contributed by atoms with Crippen molar-refractivity contribution in [3.05, 3.63) is 35.9 Å². The Hall–Kier alpha value is -0.570. The summed E-state index contributed by atoms with van der Waals surface area (Å²) in [6, 6.07) is 10.5. The zero-order valence-electron chi connectivity index (χ0n) is 19.9. The Balaban J connectivity index is 0.00000784. The fourth-order valence-corrected chi connectivity index (χ4v) is 4.32. The van der Waals surface area contributed by atoms with Crippen molar-refractivity contribution in [2.75, 3.05) is 20.6 Å². The van der Waals surface area contributed by atoms with Gasteiger partial charge < -0.3 is 22.0 Å². The van der Waals surface area contributed by atoms with Gasteiger partial charge in [-0.2, -0.15) is 0 Å². The number of aliphatic hydroxyl groups is 1. The van der Waals surface area contributed by atoms with Gasteiger partial charge in [0, 0.05) is 6.42 Å². The average Bonchev–Trinajstić information content (AvgIpc) is 2.67. The van der Waals surface area contributed by atoms with Gasteiger partial charge in [0.05, 0.1) is 20.6 Å². The lowest BCUT2D eigenvalue weighted by atomic mass is 9.91. The molecular formula is C26H48ClNO. The van der Waals surface area contributed by atoms with E-state index >= 15 is 0 Å². The van der Waals surface area contributed by atoms with E-state index in [2.05, 4.69) is 47.0 Å². The predicted octanol–water partition coefficient (Wildman–Crippen LogP) is 4.14. The Morgan fingerprint density at radius 3 is 1.76 bits per heavy atom. The molecule has 0 bridgehead atoms. The third kappa shape index (κ3) is 12.0. The van der Waals surface area contributed by atoms with Gasteiger partial charge in [-0.25, -0.2) is 0 Å². The summed E-state index contributed by atoms with van der Waals surface area (Å²) >= 11 is 0. The number of nitrogens with zero attached hydrogens (tertiary/aromatic N) is 1. The van der Waals surface area contributed by atoms with Crippen molar-refractivity contribution >= 4 is 0 Å². The monoisotopic (exact) mass is 425 g/mol. The highest BCUT2D eigenvalue weighted by molar-refractivity contribution is 5.18. The molecule has 1 N–H and O–H groups in total. The lowest BCUT2D eigenvalue weighted by Crippen LogP contribution is -3.00. The van der Waals surface area contributed by atoms with Crippen LogP contribution in [0.1, 0.15) is 103 Å². The zero-order valence-corrected chi connectivity index (χ0v) is 20.6. The average molecular weight is 426 g/mol. The van der Waals surface area contributed by atoms with Gasteiger partial charge in [-0.3, -0.25) is 0 Å². The molecule has 0 spiro atoms. The van der Waals surface area contributed by atoms with E-state index in [1.807, 2.05) is 18.2 Å². The quantitative estimate of drug-likeness (QED) is 0.312. The number of benzene rings is 1. The molecule has 0 heterocycles. The minimum Gasteiger partial charge on any atom is -1.00 e. The molecule has 0 aliphatic heterocycles. The van der Waals surface area contributed by atoms with Crippen LogP contribution >= 0.6 is 0 Å². The van der Waals surface area contributed by atoms with Gasteiger partial charge in [0.1, 0.15) is 12.1 Å². The number of hydrogen-bond acceptors (Lipinski definition) is 1. The van der Waals surface area contributed by atoms with Crippen molar-refractivity contribution in [3.8, 4) is 0 Å². The molecule has 1 aromatic rings. The van der Waals surface area contributed by atoms with Crippen molar-refractivity contribution < 1.29 is 22.0 Å². The number of unbranched alkanes of at least 4 members (excludes halogenated alkanes) is 9. The topological polar surface area (TPSA) is 20.2 Å². The van der Waals surface area contributed by atoms with Crippen LogP contribution in [-0.2, 0) is 0 Å². The minimum absolute atomic E-state index is 0. The molecule has 0 aromatic heterocycles. The molecule has 3 heteroatoms. The SMILES string of the molecule is CCCCCCCCCCCC[N+](C)(C)C(CC(C)C)C(O)c1ccccc1.[Cl-]. The molecular weight excluding hydrogens is 378 g/mol. The van der Waals surface area contributed by atoms with Crippen LogP contribution in [0.2, 0.25) is 0 Å². The van der Waals surface area contributed by atoms with E-state index in [0.717, 1.165) is 23.0 Å². The van der Waals surface area contributed by atoms with Crippen molar-refractivity contribution in [1.82, 2.24) is 0 Å². The van der Waals surface area contributed by atoms with Crippen LogP contribution in [0.4, 0.5) is 0 Å². The Morgan fingerprint density at radius 2 is 1.28 bits per heavy atom. The zero-order chi connectivity index (χ0) is 20.8. The number of rotatable bonds is 16. The molecule has 2 nitrogen and oxygen atoms in total. The van der Waals surface area contributed by atoms with Crippen LogP contribution in [0.25, 0.3) is 0 Å². The Kier molecular flexibility index (Phi) is 15.8. The standard InChI is InChI=1S/C26H48NO.ClH/c1-6-7-8-9-10-11-12-13-14-18-21-27(4,5)25(22-23(2)3)26(28)24-19-16-15-17-20-24;/h15-17,19-20,23,25-26,28H,6-14,18,21-22H2,1-5H3;1H/q+1;/p-1. The Labute approximate surface area is 188 Å². The lowest BCUT2D eigenvalue weighted by Gasteiger charge is -2.41. The first-order chi connectivity index (χ1) is 13.4. The second kappa shape index (κ2) is 16.2. The number of aliphatic hydroxyl groups excluding tert-OH is 1. The van der Waals surface area contributed by atoms with E-state index in [0.29, 0.717) is 5.92 Å². The summed E-state index contributed by atoms with van der Waals surface area (Å²) in [5, 5.41) is 11.1. The first-order valence-corrected chi connectivity index (χ1v) is 11.9. The lowest BCUT2D eigenvalue weighted by molar-refractivity contribution is -0.920. The van der Waals surface area contributed by atoms with Crippen LogP contribution in [0.5, 0.6) is 0 Å². The third-order valence-electron chi connectivity index (χ3n) is 6.20. The summed E-state index contributed by atoms with van der Waals surface area (Å²) in [7, 11) is 4.62. The number of hydrogen-bond donors (Lipinski definition) is 1. The number of halogens is 1. The van der Waals surface area contributed by atoms with E-state index in [1.165, 1.54) is 64.2 Å². The van der Waals surface area contributed by atoms with Gasteiger partial charge in [-0.1, -0.05) is 102 Å². The summed E-state index contributed by atoms with van der Waals surface area (Å²) < 4.78 is 0.908. The second-order valence-corrected chi connectivity index (χ2v) is 9.74. The van der Waals surface area contributed by atoms with Gasteiger partial charge in [0.2, 0.25) is 0 Å². The van der Waals surface area contributed by atoms with Crippen molar-refractivity contribution in [1.29, 1.82) is 0 Å². The summed E-state index contributed by atoms with van der Waals surface area (Å²) in [5.41, 5.74) is 1.06. The van der Waals surface area contributed by atoms with Gasteiger partial charge >= 0.3 is 0 Å². The maximum absolute atomic E-state index is 11.1. The number of quaternary nitrogens is 1. The fraction of sp³-hybridized carbons (Fsp3) is 0.769. The summed E-state index contributed by atoms with van der Waals surface area (Å²) in [4.78, 5) is 0. The van der Waals surface area contributed by atoms with Crippen molar-refractivity contribution in [2.45, 2.75) is 104 Å². The van der Waals surface area contributed by atoms with Crippen LogP contribution in [-0.4, -0.2) is 36.3 Å². The van der Waals surface area contributed by atoms with Crippen LogP contribution in [0.15, 0.2) is 30.3 Å². The van der Waals surface area contributed by atoms with E-state index in [-0.39, 0.29) is 24.6 Å². The van der Waals surface area contributed by atoms with Gasteiger partial charge in [-0.15, -0.1) is 0 Å². The van der Waals surface area contributed by atoms with Crippen LogP contribution < -0.4 is 12.4 Å². The van der Waals surface area contributed by atoms with E-state index in [1.54, 1.807) is 0 Å². The molecule has 29 heavy (non-hydrogen) atoms. The smallest absolute Gasteiger partial charge is 0.131 e. The molecule has 1 rings (SSSR count). The molecule has 0 saturated heterocycles. The summed E-state index contributed by atoms with van der Waals surface area (Å²) in [6.45, 7) is 7.97. The molecule has 0 saturated carbocycles. The predicted molar refractivity (Wildman–Crippen MR) is 123 cm³/mol. The molecule has 0 amide bonds. The maximum atomic E-state index is 11.1. The van der Waals surface area contributed by atoms with E-state index in [9.17, 15) is 5.11 Å². The highest BCUT2D eigenvalue weighted by Crippen LogP contribution is 2.29. The molecule has 0 fully saturated rings. The minimum atomic E-state index is -0.387. The first-order valence-electron chi connectivity index (χ1n) is 11.9. The molecule has 1 aromatic carbocycles. The highest BCUT2D eigenvalue weighted by Gasteiger charge is 2.35. The molecule has 2 atom stereocenters. The van der Waals surface area contributed by atoms with Crippen LogP contribution in [0, 0.1) is 5.92 Å². The number of likely N-dealkylation sites (N-methyl/N-ethyl adjacent to an activating group) is 1. The fourth-order valence-electron chi connectivity index (χ4n) is 4.32.